The average molecular weight is 268 g/mol. The van der Waals surface area contributed by atoms with Crippen LogP contribution in [-0.4, -0.2) is 19.1 Å². The molecule has 0 aromatic heterocycles. The van der Waals surface area contributed by atoms with Gasteiger partial charge in [-0.1, -0.05) is 18.1 Å². The number of nitrogens with zero attached hydrogens (tertiary/aromatic N) is 1. The molecular weight excluding hydrogens is 252 g/mol. The molecule has 1 aromatic rings. The van der Waals surface area contributed by atoms with Crippen LogP contribution in [0.5, 0.6) is 0 Å². The summed E-state index contributed by atoms with van der Waals surface area (Å²) in [4.78, 5) is 11.9. The van der Waals surface area contributed by atoms with E-state index in [-0.39, 0.29) is 18.1 Å². The molecule has 0 spiro atoms. The van der Waals surface area contributed by atoms with Gasteiger partial charge in [-0.15, -0.1) is 6.42 Å². The molecule has 0 radical (unpaired) electrons. The molecule has 1 aromatic carbocycles. The van der Waals surface area contributed by atoms with Crippen LogP contribution in [0.3, 0.4) is 0 Å². The summed E-state index contributed by atoms with van der Waals surface area (Å²) in [6.45, 7) is 0.549. The van der Waals surface area contributed by atoms with Gasteiger partial charge in [0.15, 0.2) is 0 Å². The van der Waals surface area contributed by atoms with Gasteiger partial charge in [0.25, 0.3) is 0 Å². The van der Waals surface area contributed by atoms with E-state index in [1.165, 1.54) is 0 Å². The van der Waals surface area contributed by atoms with Gasteiger partial charge in [0.1, 0.15) is 6.61 Å². The van der Waals surface area contributed by atoms with Crippen LogP contribution in [0.4, 0.5) is 0 Å². The van der Waals surface area contributed by atoms with Crippen molar-refractivity contribution < 1.29 is 9.53 Å². The zero-order chi connectivity index (χ0) is 14.4. The van der Waals surface area contributed by atoms with Crippen LogP contribution in [0.2, 0.25) is 0 Å². The highest BCUT2D eigenvalue weighted by Gasteiger charge is 2.45. The van der Waals surface area contributed by atoms with Crippen molar-refractivity contribution in [3.63, 3.8) is 0 Å². The highest BCUT2D eigenvalue weighted by atomic mass is 16.5. The number of hydrogen-bond acceptors (Lipinski definition) is 3. The average Bonchev–Trinajstić information content (AvgIpc) is 3.24. The number of amides is 1. The maximum absolute atomic E-state index is 11.9. The molecule has 0 atom stereocenters. The van der Waals surface area contributed by atoms with Crippen LogP contribution in [-0.2, 0) is 15.1 Å². The number of carbonyl (C=O) groups is 1. The third-order valence-corrected chi connectivity index (χ3v) is 3.33. The number of rotatable bonds is 6. The Labute approximate surface area is 118 Å². The molecule has 1 amide bonds. The van der Waals surface area contributed by atoms with Gasteiger partial charge >= 0.3 is 0 Å². The molecule has 0 aliphatic heterocycles. The van der Waals surface area contributed by atoms with Crippen LogP contribution in [0.25, 0.3) is 0 Å². The van der Waals surface area contributed by atoms with E-state index < -0.39 is 0 Å². The van der Waals surface area contributed by atoms with Gasteiger partial charge in [-0.3, -0.25) is 4.79 Å². The molecule has 0 saturated heterocycles. The van der Waals surface area contributed by atoms with Crippen LogP contribution >= 0.6 is 0 Å². The number of benzene rings is 1. The molecule has 1 aliphatic rings. The molecule has 0 bridgehead atoms. The van der Waals surface area contributed by atoms with Crippen molar-refractivity contribution in [2.75, 3.05) is 13.2 Å². The topological polar surface area (TPSA) is 62.1 Å². The molecule has 2 rings (SSSR count). The summed E-state index contributed by atoms with van der Waals surface area (Å²) < 4.78 is 5.09. The predicted molar refractivity (Wildman–Crippen MR) is 74.5 cm³/mol. The van der Waals surface area contributed by atoms with Crippen LogP contribution in [0.15, 0.2) is 24.3 Å². The van der Waals surface area contributed by atoms with Crippen molar-refractivity contribution in [2.24, 2.45) is 0 Å². The summed E-state index contributed by atoms with van der Waals surface area (Å²) in [5.41, 5.74) is 1.31. The van der Waals surface area contributed by atoms with E-state index in [2.05, 4.69) is 17.3 Å². The Balaban J connectivity index is 1.93. The Kier molecular flexibility index (Phi) is 4.40. The summed E-state index contributed by atoms with van der Waals surface area (Å²) in [6, 6.07) is 9.50. The molecule has 1 saturated carbocycles. The molecular formula is C16H16N2O2. The molecule has 1 aliphatic carbocycles. The normalized spacial score (nSPS) is 14.9. The van der Waals surface area contributed by atoms with Gasteiger partial charge in [0.05, 0.1) is 30.2 Å². The lowest BCUT2D eigenvalue weighted by atomic mass is 10.0. The van der Waals surface area contributed by atoms with Crippen LogP contribution < -0.4 is 5.32 Å². The zero-order valence-corrected chi connectivity index (χ0v) is 11.2. The zero-order valence-electron chi connectivity index (χ0n) is 11.2. The summed E-state index contributed by atoms with van der Waals surface area (Å²) in [5.74, 6) is 2.30. The second kappa shape index (κ2) is 6.23. The quantitative estimate of drug-likeness (QED) is 0.631. The van der Waals surface area contributed by atoms with Crippen molar-refractivity contribution in [3.05, 3.63) is 35.4 Å². The van der Waals surface area contributed by atoms with E-state index in [9.17, 15) is 4.79 Å². The van der Waals surface area contributed by atoms with Crippen molar-refractivity contribution in [1.82, 2.24) is 5.32 Å². The van der Waals surface area contributed by atoms with E-state index in [4.69, 9.17) is 16.4 Å². The SMILES string of the molecule is C#CCOCCC(=O)NC1(c2cccc(C#N)c2)CC1. The summed E-state index contributed by atoms with van der Waals surface area (Å²) >= 11 is 0. The Morgan fingerprint density at radius 2 is 2.30 bits per heavy atom. The van der Waals surface area contributed by atoms with E-state index in [1.54, 1.807) is 6.07 Å². The first-order valence-electron chi connectivity index (χ1n) is 6.53. The fourth-order valence-electron chi connectivity index (χ4n) is 2.12. The number of nitriles is 1. The molecule has 1 fully saturated rings. The minimum absolute atomic E-state index is 0.0538. The van der Waals surface area contributed by atoms with Gasteiger partial charge in [0, 0.05) is 0 Å². The number of ether oxygens (including phenoxy) is 1. The molecule has 1 N–H and O–H groups in total. The summed E-state index contributed by atoms with van der Waals surface area (Å²) in [6.07, 6.45) is 7.15. The smallest absolute Gasteiger partial charge is 0.223 e. The first-order chi connectivity index (χ1) is 9.70. The summed E-state index contributed by atoms with van der Waals surface area (Å²) in [5, 5.41) is 12.0. The molecule has 0 unspecified atom stereocenters. The monoisotopic (exact) mass is 268 g/mol. The number of carbonyl (C=O) groups excluding carboxylic acids is 1. The molecule has 20 heavy (non-hydrogen) atoms. The van der Waals surface area contributed by atoms with E-state index in [0.717, 1.165) is 18.4 Å². The second-order valence-electron chi connectivity index (χ2n) is 4.83. The molecule has 102 valence electrons. The molecule has 0 heterocycles. The first-order valence-corrected chi connectivity index (χ1v) is 6.53. The van der Waals surface area contributed by atoms with Gasteiger partial charge in [0.2, 0.25) is 5.91 Å². The van der Waals surface area contributed by atoms with E-state index in [0.29, 0.717) is 18.6 Å². The van der Waals surface area contributed by atoms with Crippen molar-refractivity contribution in [3.8, 4) is 18.4 Å². The maximum Gasteiger partial charge on any atom is 0.223 e. The van der Waals surface area contributed by atoms with Gasteiger partial charge in [-0.05, 0) is 30.5 Å². The Hall–Kier alpha value is -2.30. The van der Waals surface area contributed by atoms with E-state index in [1.807, 2.05) is 18.2 Å². The van der Waals surface area contributed by atoms with Crippen LogP contribution in [0.1, 0.15) is 30.4 Å². The minimum Gasteiger partial charge on any atom is -0.368 e. The van der Waals surface area contributed by atoms with Crippen LogP contribution in [0, 0.1) is 23.7 Å². The van der Waals surface area contributed by atoms with Gasteiger partial charge in [-0.25, -0.2) is 0 Å². The van der Waals surface area contributed by atoms with Gasteiger partial charge in [-0.2, -0.15) is 5.26 Å². The highest BCUT2D eigenvalue weighted by Crippen LogP contribution is 2.45. The van der Waals surface area contributed by atoms with Gasteiger partial charge < -0.3 is 10.1 Å². The standard InChI is InChI=1S/C16H16N2O2/c1-2-9-20-10-6-15(19)18-16(7-8-16)14-5-3-4-13(11-14)12-17/h1,3-5,11H,6-10H2,(H,18,19). The fourth-order valence-corrected chi connectivity index (χ4v) is 2.12. The first kappa shape index (κ1) is 14.1. The lowest BCUT2D eigenvalue weighted by Gasteiger charge is -2.18. The highest BCUT2D eigenvalue weighted by molar-refractivity contribution is 5.77. The number of nitrogens with one attached hydrogen (secondary N) is 1. The molecule has 4 nitrogen and oxygen atoms in total. The third kappa shape index (κ3) is 3.38. The minimum atomic E-state index is -0.296. The lowest BCUT2D eigenvalue weighted by molar-refractivity contribution is -0.123. The fraction of sp³-hybridized carbons (Fsp3) is 0.375. The number of hydrogen-bond donors (Lipinski definition) is 1. The maximum atomic E-state index is 11.9. The van der Waals surface area contributed by atoms with Crippen molar-refractivity contribution >= 4 is 5.91 Å². The Morgan fingerprint density at radius 1 is 1.50 bits per heavy atom. The molecule has 4 heteroatoms. The number of terminal acetylenes is 1. The largest absolute Gasteiger partial charge is 0.368 e. The van der Waals surface area contributed by atoms with Crippen molar-refractivity contribution in [1.29, 1.82) is 5.26 Å². The Morgan fingerprint density at radius 3 is 2.95 bits per heavy atom. The van der Waals surface area contributed by atoms with E-state index >= 15 is 0 Å². The second-order valence-corrected chi connectivity index (χ2v) is 4.83. The third-order valence-electron chi connectivity index (χ3n) is 3.33. The summed E-state index contributed by atoms with van der Waals surface area (Å²) in [7, 11) is 0. The lowest BCUT2D eigenvalue weighted by Crippen LogP contribution is -2.35. The predicted octanol–water partition coefficient (Wildman–Crippen LogP) is 1.70. The Bertz CT molecular complexity index is 577. The van der Waals surface area contributed by atoms with Crippen molar-refractivity contribution in [2.45, 2.75) is 24.8 Å².